The van der Waals surface area contributed by atoms with E-state index in [2.05, 4.69) is 32.3 Å². The Kier molecular flexibility index (Phi) is 5.39. The first-order valence-electron chi connectivity index (χ1n) is 11.9. The molecule has 4 aromatic rings. The van der Waals surface area contributed by atoms with Gasteiger partial charge in [0, 0.05) is 17.5 Å². The summed E-state index contributed by atoms with van der Waals surface area (Å²) in [5.41, 5.74) is 1.50. The number of ether oxygens (including phenoxy) is 1. The Morgan fingerprint density at radius 3 is 2.77 bits per heavy atom. The van der Waals surface area contributed by atoms with Gasteiger partial charge in [-0.15, -0.1) is 0 Å². The molecule has 2 aliphatic carbocycles. The van der Waals surface area contributed by atoms with Gasteiger partial charge in [-0.05, 0) is 73.4 Å². The minimum absolute atomic E-state index is 0.0148. The number of carbonyl (C=O) groups excluding carboxylic acids is 1. The van der Waals surface area contributed by atoms with E-state index in [0.717, 1.165) is 30.5 Å². The number of aromatic nitrogens is 5. The molecule has 0 saturated heterocycles. The molecule has 1 aromatic carbocycles. The number of pyridine rings is 2. The van der Waals surface area contributed by atoms with Crippen molar-refractivity contribution in [1.29, 1.82) is 0 Å². The van der Waals surface area contributed by atoms with Crippen molar-refractivity contribution in [3.8, 4) is 11.4 Å². The van der Waals surface area contributed by atoms with Gasteiger partial charge in [0.05, 0.1) is 23.5 Å². The van der Waals surface area contributed by atoms with Gasteiger partial charge >= 0.3 is 0 Å². The highest BCUT2D eigenvalue weighted by molar-refractivity contribution is 5.92. The number of anilines is 1. The first-order valence-corrected chi connectivity index (χ1v) is 11.9. The number of rotatable bonds is 7. The summed E-state index contributed by atoms with van der Waals surface area (Å²) in [5.74, 6) is 2.17. The Labute approximate surface area is 201 Å². The molecule has 1 amide bonds. The lowest BCUT2D eigenvalue weighted by atomic mass is 9.93. The molecule has 0 aliphatic heterocycles. The van der Waals surface area contributed by atoms with Crippen molar-refractivity contribution >= 4 is 22.6 Å². The molecule has 3 aromatic heterocycles. The van der Waals surface area contributed by atoms with Crippen LogP contribution in [-0.2, 0) is 4.79 Å². The van der Waals surface area contributed by atoms with E-state index in [1.54, 1.807) is 41.6 Å². The van der Waals surface area contributed by atoms with Crippen LogP contribution in [0.3, 0.4) is 0 Å². The summed E-state index contributed by atoms with van der Waals surface area (Å²) in [6.45, 7) is 2.06. The highest BCUT2D eigenvalue weighted by atomic mass is 19.1. The number of hydrogen-bond acceptors (Lipinski definition) is 6. The van der Waals surface area contributed by atoms with Crippen LogP contribution in [0.1, 0.15) is 26.2 Å². The number of carbonyl (C=O) groups is 1. The zero-order valence-electron chi connectivity index (χ0n) is 19.2. The van der Waals surface area contributed by atoms with E-state index in [1.807, 2.05) is 6.07 Å². The van der Waals surface area contributed by atoms with Crippen molar-refractivity contribution in [1.82, 2.24) is 24.7 Å². The van der Waals surface area contributed by atoms with Gasteiger partial charge in [0.1, 0.15) is 30.0 Å². The molecule has 6 rings (SSSR count). The van der Waals surface area contributed by atoms with E-state index in [9.17, 15) is 9.18 Å². The van der Waals surface area contributed by atoms with Crippen LogP contribution < -0.4 is 10.1 Å². The van der Waals surface area contributed by atoms with Crippen LogP contribution in [0.2, 0.25) is 0 Å². The fourth-order valence-electron chi connectivity index (χ4n) is 5.70. The Morgan fingerprint density at radius 2 is 2.06 bits per heavy atom. The molecule has 35 heavy (non-hydrogen) atoms. The van der Waals surface area contributed by atoms with Crippen LogP contribution in [0.4, 0.5) is 10.2 Å². The van der Waals surface area contributed by atoms with Crippen molar-refractivity contribution in [2.45, 2.75) is 32.3 Å². The maximum absolute atomic E-state index is 13.8. The molecule has 9 heteroatoms. The van der Waals surface area contributed by atoms with Gasteiger partial charge < -0.3 is 10.1 Å². The molecular weight excluding hydrogens is 447 g/mol. The number of amides is 1. The fraction of sp³-hybridized carbons (Fsp3) is 0.346. The van der Waals surface area contributed by atoms with Gasteiger partial charge in [-0.1, -0.05) is 6.92 Å². The molecule has 1 N–H and O–H groups in total. The smallest absolute Gasteiger partial charge is 0.228 e. The van der Waals surface area contributed by atoms with Crippen molar-refractivity contribution in [3.63, 3.8) is 0 Å². The van der Waals surface area contributed by atoms with E-state index >= 15 is 0 Å². The Hall–Kier alpha value is -3.88. The molecule has 0 bridgehead atoms. The molecule has 0 spiro atoms. The second-order valence-electron chi connectivity index (χ2n) is 9.33. The summed E-state index contributed by atoms with van der Waals surface area (Å²) in [4.78, 5) is 25.7. The average molecular weight is 473 g/mol. The largest absolute Gasteiger partial charge is 0.490 e. The highest BCUT2D eigenvalue weighted by Gasteiger charge is 2.60. The molecule has 5 atom stereocenters. The average Bonchev–Trinajstić information content (AvgIpc) is 3.25. The number of nitrogens with zero attached hydrogens (tertiary/aromatic N) is 5. The van der Waals surface area contributed by atoms with Gasteiger partial charge in [0.2, 0.25) is 5.91 Å². The van der Waals surface area contributed by atoms with E-state index < -0.39 is 0 Å². The van der Waals surface area contributed by atoms with Crippen molar-refractivity contribution in [2.24, 2.45) is 23.7 Å². The van der Waals surface area contributed by atoms with Crippen LogP contribution in [0.15, 0.2) is 61.4 Å². The molecule has 178 valence electrons. The van der Waals surface area contributed by atoms with Gasteiger partial charge in [0.25, 0.3) is 0 Å². The maximum atomic E-state index is 13.8. The molecule has 2 aliphatic rings. The van der Waals surface area contributed by atoms with E-state index in [1.165, 1.54) is 18.5 Å². The standard InChI is InChI=1S/C26H25FN6O2/c1-2-18(26(34)32-24-6-4-16(12-30-24)33-14-28-13-31-33)25-19-10-17(11-20(19)25)35-23-7-8-29-22-5-3-15(27)9-21(22)23/h3-9,12-14,17-20,25H,2,10-11H2,1H3,(H,30,32,34)/t17-,18?,19+,20-,25-. The first-order chi connectivity index (χ1) is 17.1. The lowest BCUT2D eigenvalue weighted by Crippen LogP contribution is -2.27. The second kappa shape index (κ2) is 8.72. The third-order valence-electron chi connectivity index (χ3n) is 7.35. The molecule has 0 radical (unpaired) electrons. The fourth-order valence-corrected chi connectivity index (χ4v) is 5.70. The summed E-state index contributed by atoms with van der Waals surface area (Å²) in [7, 11) is 0. The molecule has 8 nitrogen and oxygen atoms in total. The monoisotopic (exact) mass is 472 g/mol. The second-order valence-corrected chi connectivity index (χ2v) is 9.33. The Morgan fingerprint density at radius 1 is 1.20 bits per heavy atom. The normalized spacial score (nSPS) is 23.6. The first kappa shape index (κ1) is 21.6. The number of nitrogens with one attached hydrogen (secondary N) is 1. The van der Waals surface area contributed by atoms with Crippen LogP contribution in [0.25, 0.3) is 16.6 Å². The van der Waals surface area contributed by atoms with Crippen molar-refractivity contribution < 1.29 is 13.9 Å². The van der Waals surface area contributed by atoms with Crippen LogP contribution in [0.5, 0.6) is 5.75 Å². The third kappa shape index (κ3) is 4.11. The topological polar surface area (TPSA) is 94.8 Å². The third-order valence-corrected chi connectivity index (χ3v) is 7.35. The predicted octanol–water partition coefficient (Wildman–Crippen LogP) is 4.42. The summed E-state index contributed by atoms with van der Waals surface area (Å²) in [6, 6.07) is 9.97. The zero-order valence-corrected chi connectivity index (χ0v) is 19.2. The molecule has 1 unspecified atom stereocenters. The van der Waals surface area contributed by atoms with E-state index in [0.29, 0.717) is 34.7 Å². The number of halogens is 1. The van der Waals surface area contributed by atoms with Gasteiger partial charge in [-0.25, -0.2) is 19.0 Å². The minimum Gasteiger partial charge on any atom is -0.490 e. The van der Waals surface area contributed by atoms with Crippen molar-refractivity contribution in [2.75, 3.05) is 5.32 Å². The van der Waals surface area contributed by atoms with Crippen molar-refractivity contribution in [3.05, 3.63) is 67.3 Å². The predicted molar refractivity (Wildman–Crippen MR) is 127 cm³/mol. The summed E-state index contributed by atoms with van der Waals surface area (Å²) >= 11 is 0. The van der Waals surface area contributed by atoms with Gasteiger partial charge in [-0.3, -0.25) is 9.78 Å². The van der Waals surface area contributed by atoms with Crippen LogP contribution >= 0.6 is 0 Å². The van der Waals surface area contributed by atoms with Gasteiger partial charge in [-0.2, -0.15) is 5.10 Å². The summed E-state index contributed by atoms with van der Waals surface area (Å²) < 4.78 is 21.7. The number of benzene rings is 1. The lowest BCUT2D eigenvalue weighted by molar-refractivity contribution is -0.121. The molecule has 2 saturated carbocycles. The van der Waals surface area contributed by atoms with Gasteiger partial charge in [0.15, 0.2) is 0 Å². The minimum atomic E-state index is -0.302. The summed E-state index contributed by atoms with van der Waals surface area (Å²) in [5, 5.41) is 7.76. The molecule has 3 heterocycles. The lowest BCUT2D eigenvalue weighted by Gasteiger charge is -2.21. The van der Waals surface area contributed by atoms with E-state index in [-0.39, 0.29) is 23.7 Å². The molecule has 2 fully saturated rings. The highest BCUT2D eigenvalue weighted by Crippen LogP contribution is 2.62. The van der Waals surface area contributed by atoms with Crippen LogP contribution in [-0.4, -0.2) is 36.7 Å². The zero-order chi connectivity index (χ0) is 23.9. The quantitative estimate of drug-likeness (QED) is 0.428. The SMILES string of the molecule is CCC(C(=O)Nc1ccc(-n2cncn2)cn1)[C@H]1[C@@H]2C[C@H](Oc3ccnc4ccc(F)cc34)C[C@@H]21. The number of fused-ring (bicyclic) bond motifs is 2. The maximum Gasteiger partial charge on any atom is 0.228 e. The Balaban J connectivity index is 1.07. The molecular formula is C26H25FN6O2. The Bertz CT molecular complexity index is 1350. The van der Waals surface area contributed by atoms with Crippen LogP contribution in [0, 0.1) is 29.5 Å². The summed E-state index contributed by atoms with van der Waals surface area (Å²) in [6.07, 6.45) is 9.07. The van der Waals surface area contributed by atoms with E-state index in [4.69, 9.17) is 4.74 Å². The number of hydrogen-bond donors (Lipinski definition) is 1.